The van der Waals surface area contributed by atoms with Gasteiger partial charge in [0, 0.05) is 6.04 Å². The van der Waals surface area contributed by atoms with Crippen LogP contribution < -0.4 is 4.72 Å². The molecule has 1 fully saturated rings. The van der Waals surface area contributed by atoms with E-state index in [1.54, 1.807) is 0 Å². The Bertz CT molecular complexity index is 377. The van der Waals surface area contributed by atoms with Gasteiger partial charge in [0.2, 0.25) is 10.0 Å². The molecule has 1 saturated carbocycles. The molecule has 2 atom stereocenters. The van der Waals surface area contributed by atoms with Crippen LogP contribution in [0.1, 0.15) is 32.1 Å². The minimum Gasteiger partial charge on any atom is -0.481 e. The van der Waals surface area contributed by atoms with Crippen LogP contribution >= 0.6 is 0 Å². The van der Waals surface area contributed by atoms with Crippen molar-refractivity contribution >= 4 is 16.0 Å². The molecular weight excluding hydrogens is 242 g/mol. The van der Waals surface area contributed by atoms with Gasteiger partial charge >= 0.3 is 5.97 Å². The Morgan fingerprint density at radius 3 is 2.59 bits per heavy atom. The Kier molecular flexibility index (Phi) is 5.14. The second-order valence-corrected chi connectivity index (χ2v) is 6.18. The summed E-state index contributed by atoms with van der Waals surface area (Å²) >= 11 is 0. The first-order chi connectivity index (χ1) is 7.96. The summed E-state index contributed by atoms with van der Waals surface area (Å²) in [5.41, 5.74) is 0. The van der Waals surface area contributed by atoms with Crippen LogP contribution in [0.2, 0.25) is 0 Å². The maximum absolute atomic E-state index is 11.6. The van der Waals surface area contributed by atoms with E-state index in [2.05, 4.69) is 11.3 Å². The Balaban J connectivity index is 2.76. The maximum atomic E-state index is 11.6. The molecule has 1 aliphatic carbocycles. The van der Waals surface area contributed by atoms with Gasteiger partial charge in [-0.25, -0.2) is 13.1 Å². The molecule has 5 nitrogen and oxygen atoms in total. The van der Waals surface area contributed by atoms with Crippen molar-refractivity contribution in [2.24, 2.45) is 5.92 Å². The molecule has 0 radical (unpaired) electrons. The molecule has 2 unspecified atom stereocenters. The predicted molar refractivity (Wildman–Crippen MR) is 65.1 cm³/mol. The first-order valence-electron chi connectivity index (χ1n) is 5.80. The third-order valence-electron chi connectivity index (χ3n) is 3.00. The van der Waals surface area contributed by atoms with E-state index in [0.717, 1.165) is 19.3 Å². The highest BCUT2D eigenvalue weighted by molar-refractivity contribution is 7.89. The van der Waals surface area contributed by atoms with Gasteiger partial charge in [-0.2, -0.15) is 0 Å². The lowest BCUT2D eigenvalue weighted by atomic mass is 9.96. The van der Waals surface area contributed by atoms with Crippen molar-refractivity contribution in [3.8, 4) is 0 Å². The van der Waals surface area contributed by atoms with Crippen LogP contribution in [0.5, 0.6) is 0 Å². The number of rotatable bonds is 5. The monoisotopic (exact) mass is 261 g/mol. The third kappa shape index (κ3) is 4.47. The standard InChI is InChI=1S/C11H19NO4S/c1-2-8-17(15,16)12-10-7-5-3-4-6-9(10)11(13)14/h2,9-10,12H,1,3-8H2,(H,13,14). The summed E-state index contributed by atoms with van der Waals surface area (Å²) in [6.07, 6.45) is 5.10. The first kappa shape index (κ1) is 14.2. The minimum atomic E-state index is -3.45. The Morgan fingerprint density at radius 1 is 1.35 bits per heavy atom. The van der Waals surface area contributed by atoms with E-state index in [4.69, 9.17) is 5.11 Å². The van der Waals surface area contributed by atoms with Crippen LogP contribution in [0.15, 0.2) is 12.7 Å². The predicted octanol–water partition coefficient (Wildman–Crippen LogP) is 1.13. The van der Waals surface area contributed by atoms with Crippen LogP contribution in [0, 0.1) is 5.92 Å². The van der Waals surface area contributed by atoms with Gasteiger partial charge in [0.25, 0.3) is 0 Å². The maximum Gasteiger partial charge on any atom is 0.308 e. The fraction of sp³-hybridized carbons (Fsp3) is 0.727. The van der Waals surface area contributed by atoms with Gasteiger partial charge in [-0.3, -0.25) is 4.79 Å². The number of carboxylic acids is 1. The molecule has 0 aromatic heterocycles. The normalized spacial score (nSPS) is 26.1. The first-order valence-corrected chi connectivity index (χ1v) is 7.45. The van der Waals surface area contributed by atoms with Crippen molar-refractivity contribution < 1.29 is 18.3 Å². The summed E-state index contributed by atoms with van der Waals surface area (Å²) in [6.45, 7) is 3.38. The number of aliphatic carboxylic acids is 1. The lowest BCUT2D eigenvalue weighted by Crippen LogP contribution is -2.43. The summed E-state index contributed by atoms with van der Waals surface area (Å²) in [6, 6.07) is -0.486. The Hall–Kier alpha value is -0.880. The van der Waals surface area contributed by atoms with Crippen molar-refractivity contribution in [1.29, 1.82) is 0 Å². The molecule has 1 rings (SSSR count). The highest BCUT2D eigenvalue weighted by Crippen LogP contribution is 2.24. The van der Waals surface area contributed by atoms with Gasteiger partial charge in [0.1, 0.15) is 0 Å². The van der Waals surface area contributed by atoms with E-state index in [1.165, 1.54) is 6.08 Å². The molecule has 1 aliphatic rings. The van der Waals surface area contributed by atoms with Crippen LogP contribution in [0.25, 0.3) is 0 Å². The Morgan fingerprint density at radius 2 is 2.00 bits per heavy atom. The Labute approximate surface area is 102 Å². The summed E-state index contributed by atoms with van der Waals surface area (Å²) < 4.78 is 25.7. The summed E-state index contributed by atoms with van der Waals surface area (Å²) in [4.78, 5) is 11.1. The van der Waals surface area contributed by atoms with Gasteiger partial charge in [0.05, 0.1) is 11.7 Å². The topological polar surface area (TPSA) is 83.5 Å². The highest BCUT2D eigenvalue weighted by atomic mass is 32.2. The number of carbonyl (C=O) groups is 1. The molecule has 0 spiro atoms. The summed E-state index contributed by atoms with van der Waals surface area (Å²) in [7, 11) is -3.45. The van der Waals surface area contributed by atoms with Crippen LogP contribution in [-0.2, 0) is 14.8 Å². The number of hydrogen-bond acceptors (Lipinski definition) is 3. The average Bonchev–Trinajstić information content (AvgIpc) is 2.42. The smallest absolute Gasteiger partial charge is 0.308 e. The highest BCUT2D eigenvalue weighted by Gasteiger charge is 2.31. The molecule has 0 aromatic rings. The third-order valence-corrected chi connectivity index (χ3v) is 4.34. The molecular formula is C11H19NO4S. The van der Waals surface area contributed by atoms with Crippen molar-refractivity contribution in [2.75, 3.05) is 5.75 Å². The van der Waals surface area contributed by atoms with E-state index in [0.29, 0.717) is 12.8 Å². The van der Waals surface area contributed by atoms with Gasteiger partial charge < -0.3 is 5.11 Å². The van der Waals surface area contributed by atoms with Crippen LogP contribution in [0.3, 0.4) is 0 Å². The van der Waals surface area contributed by atoms with Crippen molar-refractivity contribution in [2.45, 2.75) is 38.1 Å². The van der Waals surface area contributed by atoms with Gasteiger partial charge in [0.15, 0.2) is 0 Å². The molecule has 0 bridgehead atoms. The zero-order valence-electron chi connectivity index (χ0n) is 9.76. The second kappa shape index (κ2) is 6.16. The molecule has 2 N–H and O–H groups in total. The molecule has 6 heteroatoms. The van der Waals surface area contributed by atoms with Gasteiger partial charge in [-0.05, 0) is 12.8 Å². The van der Waals surface area contributed by atoms with E-state index < -0.39 is 28.0 Å². The average molecular weight is 261 g/mol. The largest absolute Gasteiger partial charge is 0.481 e. The van der Waals surface area contributed by atoms with Gasteiger partial charge in [-0.1, -0.05) is 25.3 Å². The summed E-state index contributed by atoms with van der Waals surface area (Å²) in [5, 5.41) is 9.11. The number of sulfonamides is 1. The zero-order valence-corrected chi connectivity index (χ0v) is 10.6. The number of hydrogen-bond donors (Lipinski definition) is 2. The number of nitrogens with one attached hydrogen (secondary N) is 1. The molecule has 0 aliphatic heterocycles. The molecule has 17 heavy (non-hydrogen) atoms. The van der Waals surface area contributed by atoms with E-state index in [9.17, 15) is 13.2 Å². The number of carboxylic acid groups (broad SMARTS) is 1. The van der Waals surface area contributed by atoms with Crippen molar-refractivity contribution in [1.82, 2.24) is 4.72 Å². The lowest BCUT2D eigenvalue weighted by Gasteiger charge is -2.22. The summed E-state index contributed by atoms with van der Waals surface area (Å²) in [5.74, 6) is -1.70. The fourth-order valence-electron chi connectivity index (χ4n) is 2.18. The molecule has 0 saturated heterocycles. The van der Waals surface area contributed by atoms with Crippen molar-refractivity contribution in [3.05, 3.63) is 12.7 Å². The van der Waals surface area contributed by atoms with E-state index in [1.807, 2.05) is 0 Å². The van der Waals surface area contributed by atoms with Crippen LogP contribution in [-0.4, -0.2) is 31.3 Å². The minimum absolute atomic E-state index is 0.171. The van der Waals surface area contributed by atoms with E-state index in [-0.39, 0.29) is 5.75 Å². The molecule has 0 aromatic carbocycles. The molecule has 0 heterocycles. The lowest BCUT2D eigenvalue weighted by molar-refractivity contribution is -0.142. The van der Waals surface area contributed by atoms with Gasteiger partial charge in [-0.15, -0.1) is 6.58 Å². The quantitative estimate of drug-likeness (QED) is 0.574. The molecule has 0 amide bonds. The molecule has 98 valence electrons. The van der Waals surface area contributed by atoms with Crippen LogP contribution in [0.4, 0.5) is 0 Å². The second-order valence-electron chi connectivity index (χ2n) is 4.38. The van der Waals surface area contributed by atoms with E-state index >= 15 is 0 Å². The fourth-order valence-corrected chi connectivity index (χ4v) is 3.33. The van der Waals surface area contributed by atoms with Crippen molar-refractivity contribution in [3.63, 3.8) is 0 Å². The SMILES string of the molecule is C=CCS(=O)(=O)NC1CCCCCC1C(=O)O. The zero-order chi connectivity index (χ0) is 12.9.